The van der Waals surface area contributed by atoms with E-state index in [4.69, 9.17) is 0 Å². The minimum atomic E-state index is -0.131. The maximum Gasteiger partial charge on any atom is 0.264 e. The van der Waals surface area contributed by atoms with E-state index in [1.54, 1.807) is 17.4 Å². The molecular formula is C22H28FN3OS. The largest absolute Gasteiger partial charge is 0.369 e. The summed E-state index contributed by atoms with van der Waals surface area (Å²) < 4.78 is 14.1. The molecule has 0 spiro atoms. The minimum absolute atomic E-state index is 0.131. The Hall–Kier alpha value is -1.92. The second-order valence-electron chi connectivity index (χ2n) is 7.78. The Labute approximate surface area is 170 Å². The van der Waals surface area contributed by atoms with Gasteiger partial charge in [0.2, 0.25) is 0 Å². The quantitative estimate of drug-likeness (QED) is 0.777. The molecule has 1 amide bonds. The lowest BCUT2D eigenvalue weighted by Gasteiger charge is -2.39. The van der Waals surface area contributed by atoms with E-state index in [0.29, 0.717) is 6.04 Å². The second-order valence-corrected chi connectivity index (χ2v) is 8.70. The SMILES string of the molecule is Cc1ccsc1C(=O)N1CCCN(C2CCN(c3ccccc3F)CC2)CC1. The molecule has 0 radical (unpaired) electrons. The van der Waals surface area contributed by atoms with Crippen molar-refractivity contribution >= 4 is 22.9 Å². The summed E-state index contributed by atoms with van der Waals surface area (Å²) in [7, 11) is 0. The lowest BCUT2D eigenvalue weighted by atomic mass is 10.0. The first-order valence-electron chi connectivity index (χ1n) is 10.2. The average molecular weight is 402 g/mol. The second kappa shape index (κ2) is 8.62. The van der Waals surface area contributed by atoms with Crippen LogP contribution < -0.4 is 4.90 Å². The monoisotopic (exact) mass is 401 g/mol. The number of hydrogen-bond acceptors (Lipinski definition) is 4. The first kappa shape index (κ1) is 19.4. The third kappa shape index (κ3) is 4.08. The van der Waals surface area contributed by atoms with Gasteiger partial charge in [-0.05, 0) is 55.3 Å². The van der Waals surface area contributed by atoms with Crippen molar-refractivity contribution < 1.29 is 9.18 Å². The molecular weight excluding hydrogens is 373 g/mol. The van der Waals surface area contributed by atoms with Gasteiger partial charge in [0.05, 0.1) is 10.6 Å². The summed E-state index contributed by atoms with van der Waals surface area (Å²) in [5, 5.41) is 2.00. The van der Waals surface area contributed by atoms with Crippen molar-refractivity contribution in [3.63, 3.8) is 0 Å². The number of carbonyl (C=O) groups excluding carboxylic acids is 1. The topological polar surface area (TPSA) is 26.8 Å². The molecule has 0 atom stereocenters. The number of nitrogens with zero attached hydrogens (tertiary/aromatic N) is 3. The molecule has 3 heterocycles. The van der Waals surface area contributed by atoms with Gasteiger partial charge in [-0.1, -0.05) is 12.1 Å². The molecule has 2 aliphatic heterocycles. The summed E-state index contributed by atoms with van der Waals surface area (Å²) in [6.07, 6.45) is 3.11. The maximum atomic E-state index is 14.1. The molecule has 1 aromatic carbocycles. The molecule has 28 heavy (non-hydrogen) atoms. The van der Waals surface area contributed by atoms with Crippen LogP contribution in [0.2, 0.25) is 0 Å². The zero-order valence-corrected chi connectivity index (χ0v) is 17.3. The maximum absolute atomic E-state index is 14.1. The Kier molecular flexibility index (Phi) is 5.97. The highest BCUT2D eigenvalue weighted by atomic mass is 32.1. The number of thiophene rings is 1. The fraction of sp³-hybridized carbons (Fsp3) is 0.500. The van der Waals surface area contributed by atoms with Crippen LogP contribution in [0.25, 0.3) is 0 Å². The summed E-state index contributed by atoms with van der Waals surface area (Å²) in [4.78, 5) is 20.4. The lowest BCUT2D eigenvalue weighted by molar-refractivity contribution is 0.0760. The van der Waals surface area contributed by atoms with Gasteiger partial charge in [-0.25, -0.2) is 4.39 Å². The summed E-state index contributed by atoms with van der Waals surface area (Å²) >= 11 is 1.55. The Morgan fingerprint density at radius 1 is 1.04 bits per heavy atom. The van der Waals surface area contributed by atoms with Gasteiger partial charge in [-0.15, -0.1) is 11.3 Å². The van der Waals surface area contributed by atoms with E-state index >= 15 is 0 Å². The van der Waals surface area contributed by atoms with Crippen LogP contribution in [0, 0.1) is 12.7 Å². The van der Waals surface area contributed by atoms with Crippen LogP contribution in [0.5, 0.6) is 0 Å². The van der Waals surface area contributed by atoms with Crippen molar-refractivity contribution in [3.8, 4) is 0 Å². The highest BCUT2D eigenvalue weighted by Crippen LogP contribution is 2.26. The third-order valence-corrected chi connectivity index (χ3v) is 7.05. The number of benzene rings is 1. The van der Waals surface area contributed by atoms with Crippen LogP contribution in [0.4, 0.5) is 10.1 Å². The van der Waals surface area contributed by atoms with E-state index in [0.717, 1.165) is 74.7 Å². The Balaban J connectivity index is 1.32. The van der Waals surface area contributed by atoms with Gasteiger partial charge in [-0.2, -0.15) is 0 Å². The normalized spacial score (nSPS) is 19.6. The smallest absolute Gasteiger partial charge is 0.264 e. The summed E-state index contributed by atoms with van der Waals surface area (Å²) in [5.41, 5.74) is 1.80. The third-order valence-electron chi connectivity index (χ3n) is 6.05. The number of halogens is 1. The van der Waals surface area contributed by atoms with Crippen molar-refractivity contribution in [2.24, 2.45) is 0 Å². The molecule has 0 aliphatic carbocycles. The van der Waals surface area contributed by atoms with Gasteiger partial charge in [-0.3, -0.25) is 9.69 Å². The molecule has 150 valence electrons. The minimum Gasteiger partial charge on any atom is -0.369 e. The van der Waals surface area contributed by atoms with Crippen LogP contribution in [-0.4, -0.2) is 61.0 Å². The van der Waals surface area contributed by atoms with Crippen LogP contribution >= 0.6 is 11.3 Å². The van der Waals surface area contributed by atoms with Crippen molar-refractivity contribution in [3.05, 3.63) is 52.0 Å². The molecule has 4 rings (SSSR count). The van der Waals surface area contributed by atoms with E-state index in [1.165, 1.54) is 6.07 Å². The average Bonchev–Trinajstić information content (AvgIpc) is 2.99. The molecule has 2 saturated heterocycles. The number of aryl methyl sites for hydroxylation is 1. The predicted octanol–water partition coefficient (Wildman–Crippen LogP) is 4.01. The van der Waals surface area contributed by atoms with E-state index in [1.807, 2.05) is 35.4 Å². The summed E-state index contributed by atoms with van der Waals surface area (Å²) in [5.74, 6) is 0.0532. The van der Waals surface area contributed by atoms with Gasteiger partial charge < -0.3 is 9.80 Å². The van der Waals surface area contributed by atoms with E-state index in [-0.39, 0.29) is 11.7 Å². The molecule has 2 aromatic rings. The Bertz CT molecular complexity index is 816. The van der Waals surface area contributed by atoms with E-state index in [9.17, 15) is 9.18 Å². The van der Waals surface area contributed by atoms with Crippen LogP contribution in [-0.2, 0) is 0 Å². The number of carbonyl (C=O) groups is 1. The molecule has 0 bridgehead atoms. The van der Waals surface area contributed by atoms with Gasteiger partial charge >= 0.3 is 0 Å². The van der Waals surface area contributed by atoms with Crippen LogP contribution in [0.3, 0.4) is 0 Å². The Morgan fingerprint density at radius 2 is 1.82 bits per heavy atom. The highest BCUT2D eigenvalue weighted by molar-refractivity contribution is 7.12. The Morgan fingerprint density at radius 3 is 2.54 bits per heavy atom. The van der Waals surface area contributed by atoms with Crippen molar-refractivity contribution in [2.75, 3.05) is 44.2 Å². The van der Waals surface area contributed by atoms with Crippen molar-refractivity contribution in [1.29, 1.82) is 0 Å². The number of rotatable bonds is 3. The molecule has 0 N–H and O–H groups in total. The van der Waals surface area contributed by atoms with Crippen molar-refractivity contribution in [1.82, 2.24) is 9.80 Å². The molecule has 2 aliphatic rings. The summed E-state index contributed by atoms with van der Waals surface area (Å²) in [6, 6.07) is 9.61. The van der Waals surface area contributed by atoms with E-state index < -0.39 is 0 Å². The zero-order valence-electron chi connectivity index (χ0n) is 16.4. The molecule has 0 saturated carbocycles. The molecule has 4 nitrogen and oxygen atoms in total. The fourth-order valence-corrected chi connectivity index (χ4v) is 5.31. The number of amides is 1. The molecule has 6 heteroatoms. The highest BCUT2D eigenvalue weighted by Gasteiger charge is 2.28. The molecule has 0 unspecified atom stereocenters. The zero-order chi connectivity index (χ0) is 19.5. The first-order chi connectivity index (χ1) is 13.6. The first-order valence-corrected chi connectivity index (χ1v) is 11.1. The molecule has 1 aromatic heterocycles. The van der Waals surface area contributed by atoms with Crippen molar-refractivity contribution in [2.45, 2.75) is 32.2 Å². The van der Waals surface area contributed by atoms with Gasteiger partial charge in [0.15, 0.2) is 0 Å². The van der Waals surface area contributed by atoms with Gasteiger partial charge in [0, 0.05) is 45.3 Å². The number of piperidine rings is 1. The van der Waals surface area contributed by atoms with Crippen LogP contribution in [0.1, 0.15) is 34.5 Å². The van der Waals surface area contributed by atoms with Gasteiger partial charge in [0.1, 0.15) is 5.82 Å². The summed E-state index contributed by atoms with van der Waals surface area (Å²) in [6.45, 7) is 7.39. The number of anilines is 1. The number of hydrogen-bond donors (Lipinski definition) is 0. The lowest BCUT2D eigenvalue weighted by Crippen LogP contribution is -2.46. The van der Waals surface area contributed by atoms with E-state index in [2.05, 4.69) is 9.80 Å². The fourth-order valence-electron chi connectivity index (χ4n) is 4.42. The number of para-hydroxylation sites is 1. The predicted molar refractivity (Wildman–Crippen MR) is 113 cm³/mol. The standard InChI is InChI=1S/C22H28FN3OS/c1-17-9-16-28-21(17)22(27)26-11-4-10-24(14-15-26)18-7-12-25(13-8-18)20-6-3-2-5-19(20)23/h2-3,5-6,9,16,18H,4,7-8,10-15H2,1H3. The van der Waals surface area contributed by atoms with Crippen LogP contribution in [0.15, 0.2) is 35.7 Å². The van der Waals surface area contributed by atoms with Gasteiger partial charge in [0.25, 0.3) is 5.91 Å². The molecule has 2 fully saturated rings.